The van der Waals surface area contributed by atoms with Gasteiger partial charge in [0.05, 0.1) is 17.7 Å². The Hall–Kier alpha value is 0.0400. The van der Waals surface area contributed by atoms with Gasteiger partial charge in [-0.3, -0.25) is 0 Å². The molecule has 1 aromatic carbocycles. The Balaban J connectivity index is 2.26. The van der Waals surface area contributed by atoms with Gasteiger partial charge in [-0.15, -0.1) is 0 Å². The smallest absolute Gasteiger partial charge is 0.139 e. The molecule has 0 saturated carbocycles. The van der Waals surface area contributed by atoms with E-state index in [1.165, 1.54) is 0 Å². The molecular weight excluding hydrogens is 351 g/mol. The van der Waals surface area contributed by atoms with Crippen molar-refractivity contribution in [2.75, 3.05) is 13.2 Å². The largest absolute Gasteiger partial charge is 0.492 e. The molecule has 2 rings (SSSR count). The molecule has 1 aliphatic heterocycles. The second-order valence-electron chi connectivity index (χ2n) is 4.67. The Morgan fingerprint density at radius 2 is 2.16 bits per heavy atom. The lowest BCUT2D eigenvalue weighted by atomic mass is 9.93. The van der Waals surface area contributed by atoms with E-state index in [1.54, 1.807) is 6.07 Å². The summed E-state index contributed by atoms with van der Waals surface area (Å²) in [6.07, 6.45) is 1.25. The maximum Gasteiger partial charge on any atom is 0.139 e. The number of ether oxygens (including phenoxy) is 2. The summed E-state index contributed by atoms with van der Waals surface area (Å²) < 4.78 is 11.1. The summed E-state index contributed by atoms with van der Waals surface area (Å²) in [5.41, 5.74) is 0.998. The first-order valence-corrected chi connectivity index (χ1v) is 8.09. The van der Waals surface area contributed by atoms with E-state index in [4.69, 9.17) is 32.7 Å². The van der Waals surface area contributed by atoms with Crippen LogP contribution < -0.4 is 4.74 Å². The summed E-state index contributed by atoms with van der Waals surface area (Å²) >= 11 is 16.3. The minimum atomic E-state index is 0.144. The molecule has 0 spiro atoms. The molecule has 0 N–H and O–H groups in total. The van der Waals surface area contributed by atoms with Crippen LogP contribution in [0.3, 0.4) is 0 Å². The third-order valence-corrected chi connectivity index (χ3v) is 5.25. The molecule has 3 unspecified atom stereocenters. The van der Waals surface area contributed by atoms with Crippen LogP contribution >= 0.6 is 39.1 Å². The maximum absolute atomic E-state index is 6.35. The molecule has 0 radical (unpaired) electrons. The van der Waals surface area contributed by atoms with Gasteiger partial charge in [0.15, 0.2) is 0 Å². The lowest BCUT2D eigenvalue weighted by Crippen LogP contribution is -2.16. The number of rotatable bonds is 4. The number of alkyl halides is 1. The summed E-state index contributed by atoms with van der Waals surface area (Å²) in [5.74, 6) is 1.04. The van der Waals surface area contributed by atoms with Gasteiger partial charge in [-0.05, 0) is 31.9 Å². The zero-order chi connectivity index (χ0) is 14.0. The van der Waals surface area contributed by atoms with Crippen molar-refractivity contribution in [2.24, 2.45) is 5.92 Å². The molecule has 1 aliphatic rings. The molecule has 0 amide bonds. The average molecular weight is 368 g/mol. The third-order valence-electron chi connectivity index (χ3n) is 3.46. The van der Waals surface area contributed by atoms with Gasteiger partial charge in [0.25, 0.3) is 0 Å². The van der Waals surface area contributed by atoms with Gasteiger partial charge in [-0.1, -0.05) is 39.1 Å². The summed E-state index contributed by atoms with van der Waals surface area (Å²) in [6, 6.07) is 3.68. The van der Waals surface area contributed by atoms with Crippen molar-refractivity contribution in [3.8, 4) is 5.75 Å². The van der Waals surface area contributed by atoms with E-state index in [0.717, 1.165) is 18.6 Å². The molecule has 0 aliphatic carbocycles. The highest BCUT2D eigenvalue weighted by Crippen LogP contribution is 2.44. The third kappa shape index (κ3) is 3.38. The first kappa shape index (κ1) is 15.4. The van der Waals surface area contributed by atoms with E-state index in [0.29, 0.717) is 28.3 Å². The molecule has 19 heavy (non-hydrogen) atoms. The first-order valence-electron chi connectivity index (χ1n) is 6.42. The van der Waals surface area contributed by atoms with E-state index in [1.807, 2.05) is 13.0 Å². The molecule has 1 aromatic rings. The molecule has 106 valence electrons. The van der Waals surface area contributed by atoms with Crippen LogP contribution in [0.25, 0.3) is 0 Å². The van der Waals surface area contributed by atoms with Crippen LogP contribution in [0.4, 0.5) is 0 Å². The van der Waals surface area contributed by atoms with Crippen LogP contribution in [-0.2, 0) is 4.74 Å². The summed E-state index contributed by atoms with van der Waals surface area (Å²) in [5, 5.41) is 1.27. The van der Waals surface area contributed by atoms with Gasteiger partial charge in [0.2, 0.25) is 0 Å². The van der Waals surface area contributed by atoms with Crippen LogP contribution in [0.15, 0.2) is 12.1 Å². The van der Waals surface area contributed by atoms with Crippen molar-refractivity contribution in [2.45, 2.75) is 31.2 Å². The van der Waals surface area contributed by atoms with Gasteiger partial charge in [0, 0.05) is 28.4 Å². The normalized spacial score (nSPS) is 24.5. The van der Waals surface area contributed by atoms with Gasteiger partial charge in [0.1, 0.15) is 5.75 Å². The van der Waals surface area contributed by atoms with Crippen LogP contribution in [0.5, 0.6) is 5.75 Å². The molecular formula is C14H17BrCl2O2. The van der Waals surface area contributed by atoms with Crippen LogP contribution in [0, 0.1) is 5.92 Å². The van der Waals surface area contributed by atoms with E-state index in [-0.39, 0.29) is 10.9 Å². The highest BCUT2D eigenvalue weighted by Gasteiger charge is 2.32. The first-order chi connectivity index (χ1) is 9.04. The summed E-state index contributed by atoms with van der Waals surface area (Å²) in [6.45, 7) is 5.38. The highest BCUT2D eigenvalue weighted by atomic mass is 79.9. The second kappa shape index (κ2) is 6.66. The predicted molar refractivity (Wildman–Crippen MR) is 82.8 cm³/mol. The molecule has 0 aromatic heterocycles. The number of halogens is 3. The Morgan fingerprint density at radius 1 is 1.42 bits per heavy atom. The predicted octanol–water partition coefficient (Wildman–Crippen LogP) is 5.25. The molecule has 3 atom stereocenters. The van der Waals surface area contributed by atoms with E-state index in [9.17, 15) is 0 Å². The number of hydrogen-bond acceptors (Lipinski definition) is 2. The van der Waals surface area contributed by atoms with Crippen molar-refractivity contribution >= 4 is 39.1 Å². The number of hydrogen-bond donors (Lipinski definition) is 0. The molecule has 1 heterocycles. The van der Waals surface area contributed by atoms with E-state index >= 15 is 0 Å². The Morgan fingerprint density at radius 3 is 2.74 bits per heavy atom. The summed E-state index contributed by atoms with van der Waals surface area (Å²) in [4.78, 5) is 0.144. The van der Waals surface area contributed by atoms with Crippen molar-refractivity contribution in [3.63, 3.8) is 0 Å². The monoisotopic (exact) mass is 366 g/mol. The Bertz CT molecular complexity index is 453. The highest BCUT2D eigenvalue weighted by molar-refractivity contribution is 9.09. The minimum absolute atomic E-state index is 0.144. The summed E-state index contributed by atoms with van der Waals surface area (Å²) in [7, 11) is 0. The van der Waals surface area contributed by atoms with Crippen molar-refractivity contribution in [3.05, 3.63) is 27.7 Å². The Kier molecular flexibility index (Phi) is 5.41. The van der Waals surface area contributed by atoms with Crippen LogP contribution in [0.1, 0.15) is 30.7 Å². The van der Waals surface area contributed by atoms with Gasteiger partial charge < -0.3 is 9.47 Å². The molecule has 5 heteroatoms. The van der Waals surface area contributed by atoms with Crippen molar-refractivity contribution < 1.29 is 9.47 Å². The van der Waals surface area contributed by atoms with Gasteiger partial charge >= 0.3 is 0 Å². The van der Waals surface area contributed by atoms with E-state index < -0.39 is 0 Å². The quantitative estimate of drug-likeness (QED) is 0.676. The molecule has 0 bridgehead atoms. The minimum Gasteiger partial charge on any atom is -0.492 e. The Labute approximate surface area is 132 Å². The zero-order valence-corrected chi connectivity index (χ0v) is 14.1. The fourth-order valence-corrected chi connectivity index (χ4v) is 4.09. The SMILES string of the molecule is CCOc1cc(Cl)c(C(Br)C2CCOC2C)cc1Cl. The van der Waals surface area contributed by atoms with Crippen LogP contribution in [0.2, 0.25) is 10.0 Å². The molecule has 1 fully saturated rings. The fourth-order valence-electron chi connectivity index (χ4n) is 2.38. The molecule has 1 saturated heterocycles. The number of benzene rings is 1. The average Bonchev–Trinajstić information content (AvgIpc) is 2.79. The van der Waals surface area contributed by atoms with Gasteiger partial charge in [-0.2, -0.15) is 0 Å². The van der Waals surface area contributed by atoms with Crippen LogP contribution in [-0.4, -0.2) is 19.3 Å². The van der Waals surface area contributed by atoms with E-state index in [2.05, 4.69) is 22.9 Å². The zero-order valence-electron chi connectivity index (χ0n) is 11.0. The fraction of sp³-hybridized carbons (Fsp3) is 0.571. The van der Waals surface area contributed by atoms with Crippen molar-refractivity contribution in [1.82, 2.24) is 0 Å². The standard InChI is InChI=1S/C14H17BrCl2O2/c1-3-18-13-7-11(16)10(6-12(13)17)14(15)9-4-5-19-8(9)2/h6-9,14H,3-5H2,1-2H3. The van der Waals surface area contributed by atoms with Gasteiger partial charge in [-0.25, -0.2) is 0 Å². The lowest BCUT2D eigenvalue weighted by Gasteiger charge is -2.22. The second-order valence-corrected chi connectivity index (χ2v) is 6.47. The maximum atomic E-state index is 6.35. The lowest BCUT2D eigenvalue weighted by molar-refractivity contribution is 0.105. The topological polar surface area (TPSA) is 18.5 Å². The van der Waals surface area contributed by atoms with Crippen molar-refractivity contribution in [1.29, 1.82) is 0 Å². The molecule has 2 nitrogen and oxygen atoms in total.